The van der Waals surface area contributed by atoms with Crippen molar-refractivity contribution in [2.75, 3.05) is 5.32 Å². The molecule has 1 aromatic heterocycles. The van der Waals surface area contributed by atoms with E-state index in [4.69, 9.17) is 16.1 Å². The molecule has 0 bridgehead atoms. The molecule has 3 aromatic rings. The van der Waals surface area contributed by atoms with Crippen LogP contribution >= 0.6 is 27.5 Å². The van der Waals surface area contributed by atoms with Crippen LogP contribution in [0.15, 0.2) is 51.5 Å². The monoisotopic (exact) mass is 433 g/mol. The first-order chi connectivity index (χ1) is 12.4. The zero-order valence-electron chi connectivity index (χ0n) is 14.3. The standard InChI is InChI=1S/C19H17BrClN3O2/c1-11(2)18-23-16(26-24-18)10-12-6-8-13(9-7-12)22-19(25)14-4-3-5-15(20)17(14)21/h3-9,11H,10H2,1-2H3,(H,22,25). The van der Waals surface area contributed by atoms with E-state index in [0.29, 0.717) is 38.9 Å². The minimum atomic E-state index is -0.262. The molecule has 0 radical (unpaired) electrons. The lowest BCUT2D eigenvalue weighted by Crippen LogP contribution is -2.12. The van der Waals surface area contributed by atoms with Gasteiger partial charge in [-0.05, 0) is 45.8 Å². The fraction of sp³-hybridized carbons (Fsp3) is 0.211. The van der Waals surface area contributed by atoms with Gasteiger partial charge in [0.1, 0.15) is 0 Å². The topological polar surface area (TPSA) is 68.0 Å². The van der Waals surface area contributed by atoms with Crippen LogP contribution in [-0.2, 0) is 6.42 Å². The summed E-state index contributed by atoms with van der Waals surface area (Å²) in [5.74, 6) is 1.25. The highest BCUT2D eigenvalue weighted by atomic mass is 79.9. The van der Waals surface area contributed by atoms with E-state index >= 15 is 0 Å². The van der Waals surface area contributed by atoms with Crippen molar-refractivity contribution in [3.8, 4) is 0 Å². The third-order valence-corrected chi connectivity index (χ3v) is 5.06. The molecule has 0 aliphatic carbocycles. The number of carbonyl (C=O) groups excluding carboxylic acids is 1. The second kappa shape index (κ2) is 8.01. The number of benzene rings is 2. The van der Waals surface area contributed by atoms with Crippen LogP contribution in [0.4, 0.5) is 5.69 Å². The van der Waals surface area contributed by atoms with Crippen molar-refractivity contribution in [1.82, 2.24) is 10.1 Å². The summed E-state index contributed by atoms with van der Waals surface area (Å²) in [4.78, 5) is 16.7. The number of amides is 1. The van der Waals surface area contributed by atoms with E-state index < -0.39 is 0 Å². The number of nitrogens with one attached hydrogen (secondary N) is 1. The summed E-state index contributed by atoms with van der Waals surface area (Å²) < 4.78 is 5.94. The predicted molar refractivity (Wildman–Crippen MR) is 105 cm³/mol. The average molecular weight is 435 g/mol. The SMILES string of the molecule is CC(C)c1noc(Cc2ccc(NC(=O)c3cccc(Br)c3Cl)cc2)n1. The highest BCUT2D eigenvalue weighted by molar-refractivity contribution is 9.10. The number of halogens is 2. The third-order valence-electron chi connectivity index (χ3n) is 3.76. The van der Waals surface area contributed by atoms with Gasteiger partial charge in [0.15, 0.2) is 5.82 Å². The molecular formula is C19H17BrClN3O2. The lowest BCUT2D eigenvalue weighted by Gasteiger charge is -2.08. The van der Waals surface area contributed by atoms with Gasteiger partial charge in [-0.1, -0.05) is 48.8 Å². The van der Waals surface area contributed by atoms with Crippen LogP contribution in [0.25, 0.3) is 0 Å². The largest absolute Gasteiger partial charge is 0.339 e. The Kier molecular flexibility index (Phi) is 5.74. The first-order valence-electron chi connectivity index (χ1n) is 8.11. The molecule has 1 amide bonds. The Morgan fingerprint density at radius 2 is 1.96 bits per heavy atom. The molecule has 0 fully saturated rings. The van der Waals surface area contributed by atoms with Crippen molar-refractivity contribution in [2.24, 2.45) is 0 Å². The number of anilines is 1. The highest BCUT2D eigenvalue weighted by Gasteiger charge is 2.13. The lowest BCUT2D eigenvalue weighted by molar-refractivity contribution is 0.102. The van der Waals surface area contributed by atoms with E-state index in [9.17, 15) is 4.79 Å². The van der Waals surface area contributed by atoms with Gasteiger partial charge in [0.2, 0.25) is 5.89 Å². The number of rotatable bonds is 5. The summed E-state index contributed by atoms with van der Waals surface area (Å²) in [5, 5.41) is 7.19. The summed E-state index contributed by atoms with van der Waals surface area (Å²) in [5.41, 5.74) is 2.11. The van der Waals surface area contributed by atoms with Crippen LogP contribution in [0.2, 0.25) is 5.02 Å². The van der Waals surface area contributed by atoms with Crippen molar-refractivity contribution in [3.05, 3.63) is 74.8 Å². The van der Waals surface area contributed by atoms with Crippen LogP contribution in [0, 0.1) is 0 Å². The van der Waals surface area contributed by atoms with Gasteiger partial charge >= 0.3 is 0 Å². The fourth-order valence-corrected chi connectivity index (χ4v) is 2.91. The highest BCUT2D eigenvalue weighted by Crippen LogP contribution is 2.26. The van der Waals surface area contributed by atoms with Gasteiger partial charge in [0.25, 0.3) is 5.91 Å². The molecule has 26 heavy (non-hydrogen) atoms. The maximum Gasteiger partial charge on any atom is 0.257 e. The number of nitrogens with zero attached hydrogens (tertiary/aromatic N) is 2. The summed E-state index contributed by atoms with van der Waals surface area (Å²) in [6, 6.07) is 12.7. The van der Waals surface area contributed by atoms with Crippen LogP contribution in [0.5, 0.6) is 0 Å². The molecule has 0 unspecified atom stereocenters. The molecule has 0 aliphatic heterocycles. The van der Waals surface area contributed by atoms with E-state index in [2.05, 4.69) is 31.4 Å². The summed E-state index contributed by atoms with van der Waals surface area (Å²) in [7, 11) is 0. The molecule has 0 atom stereocenters. The molecule has 7 heteroatoms. The Bertz CT molecular complexity index is 923. The molecule has 134 valence electrons. The zero-order chi connectivity index (χ0) is 18.7. The Morgan fingerprint density at radius 3 is 2.62 bits per heavy atom. The first-order valence-corrected chi connectivity index (χ1v) is 9.28. The predicted octanol–water partition coefficient (Wildman–Crippen LogP) is 5.45. The number of carbonyl (C=O) groups is 1. The maximum atomic E-state index is 12.4. The van der Waals surface area contributed by atoms with Crippen molar-refractivity contribution in [2.45, 2.75) is 26.2 Å². The number of hydrogen-bond acceptors (Lipinski definition) is 4. The van der Waals surface area contributed by atoms with Crippen LogP contribution < -0.4 is 5.32 Å². The quantitative estimate of drug-likeness (QED) is 0.579. The summed E-state index contributed by atoms with van der Waals surface area (Å²) in [6.45, 7) is 4.04. The van der Waals surface area contributed by atoms with Crippen molar-refractivity contribution < 1.29 is 9.32 Å². The van der Waals surface area contributed by atoms with Crippen LogP contribution in [0.3, 0.4) is 0 Å². The van der Waals surface area contributed by atoms with E-state index in [1.807, 2.05) is 38.1 Å². The molecule has 5 nitrogen and oxygen atoms in total. The van der Waals surface area contributed by atoms with Gasteiger partial charge < -0.3 is 9.84 Å². The molecule has 1 N–H and O–H groups in total. The average Bonchev–Trinajstić information content (AvgIpc) is 3.08. The minimum Gasteiger partial charge on any atom is -0.339 e. The van der Waals surface area contributed by atoms with Gasteiger partial charge in [-0.15, -0.1) is 0 Å². The van der Waals surface area contributed by atoms with Gasteiger partial charge in [0.05, 0.1) is 17.0 Å². The molecule has 1 heterocycles. The molecular weight excluding hydrogens is 418 g/mol. The van der Waals surface area contributed by atoms with E-state index in [0.717, 1.165) is 5.56 Å². The van der Waals surface area contributed by atoms with Crippen molar-refractivity contribution in [1.29, 1.82) is 0 Å². The second-order valence-electron chi connectivity index (χ2n) is 6.13. The zero-order valence-corrected chi connectivity index (χ0v) is 16.6. The molecule has 0 spiro atoms. The lowest BCUT2D eigenvalue weighted by atomic mass is 10.1. The van der Waals surface area contributed by atoms with E-state index in [1.165, 1.54) is 0 Å². The Hall–Kier alpha value is -2.18. The van der Waals surface area contributed by atoms with Gasteiger partial charge in [-0.25, -0.2) is 0 Å². The first kappa shape index (κ1) is 18.6. The van der Waals surface area contributed by atoms with Gasteiger partial charge in [0, 0.05) is 16.1 Å². The summed E-state index contributed by atoms with van der Waals surface area (Å²) >= 11 is 9.48. The Balaban J connectivity index is 1.67. The third kappa shape index (κ3) is 4.31. The van der Waals surface area contributed by atoms with E-state index in [-0.39, 0.29) is 11.8 Å². The Labute approximate surface area is 164 Å². The van der Waals surface area contributed by atoms with Crippen molar-refractivity contribution in [3.63, 3.8) is 0 Å². The fourth-order valence-electron chi connectivity index (χ4n) is 2.33. The van der Waals surface area contributed by atoms with Crippen LogP contribution in [-0.4, -0.2) is 16.0 Å². The molecule has 0 saturated heterocycles. The molecule has 0 saturated carbocycles. The number of aromatic nitrogens is 2. The Morgan fingerprint density at radius 1 is 1.23 bits per heavy atom. The molecule has 2 aromatic carbocycles. The second-order valence-corrected chi connectivity index (χ2v) is 7.36. The van der Waals surface area contributed by atoms with Gasteiger partial charge in [-0.3, -0.25) is 4.79 Å². The van der Waals surface area contributed by atoms with Crippen LogP contribution in [0.1, 0.15) is 47.4 Å². The normalized spacial score (nSPS) is 11.0. The van der Waals surface area contributed by atoms with Crippen molar-refractivity contribution >= 4 is 39.1 Å². The van der Waals surface area contributed by atoms with Gasteiger partial charge in [-0.2, -0.15) is 4.98 Å². The summed E-state index contributed by atoms with van der Waals surface area (Å²) in [6.07, 6.45) is 0.547. The maximum absolute atomic E-state index is 12.4. The molecule has 0 aliphatic rings. The smallest absolute Gasteiger partial charge is 0.257 e. The minimum absolute atomic E-state index is 0.231. The molecule has 3 rings (SSSR count). The number of hydrogen-bond donors (Lipinski definition) is 1. The van der Waals surface area contributed by atoms with E-state index in [1.54, 1.807) is 18.2 Å².